The summed E-state index contributed by atoms with van der Waals surface area (Å²) in [5.41, 5.74) is 2.65. The second kappa shape index (κ2) is 6.24. The third-order valence-corrected chi connectivity index (χ3v) is 2.77. The third kappa shape index (κ3) is 3.06. The molecule has 2 aromatic rings. The number of hydrogen-bond acceptors (Lipinski definition) is 5. The van der Waals surface area contributed by atoms with E-state index >= 15 is 0 Å². The van der Waals surface area contributed by atoms with Crippen LogP contribution in [-0.4, -0.2) is 28.6 Å². The standard InChI is InChI=1S/C14H18N4O/c1-4-15-12(11-7-5-6-10(2)18-11)13-14(19-3)17-9-8-16-13/h5-9,12,15H,4H2,1-3H3. The molecule has 0 fully saturated rings. The molecule has 0 radical (unpaired) electrons. The van der Waals surface area contributed by atoms with Crippen molar-refractivity contribution in [1.82, 2.24) is 20.3 Å². The Morgan fingerprint density at radius 1 is 1.26 bits per heavy atom. The van der Waals surface area contributed by atoms with E-state index < -0.39 is 0 Å². The maximum absolute atomic E-state index is 5.28. The van der Waals surface area contributed by atoms with E-state index in [4.69, 9.17) is 4.74 Å². The van der Waals surface area contributed by atoms with Crippen LogP contribution in [0.25, 0.3) is 0 Å². The second-order valence-corrected chi connectivity index (χ2v) is 4.15. The molecular formula is C14H18N4O. The summed E-state index contributed by atoms with van der Waals surface area (Å²) >= 11 is 0. The fraction of sp³-hybridized carbons (Fsp3) is 0.357. The zero-order chi connectivity index (χ0) is 13.7. The van der Waals surface area contributed by atoms with Crippen LogP contribution in [0.15, 0.2) is 30.6 Å². The lowest BCUT2D eigenvalue weighted by Crippen LogP contribution is -2.25. The average Bonchev–Trinajstić information content (AvgIpc) is 2.45. The van der Waals surface area contributed by atoms with Gasteiger partial charge in [-0.25, -0.2) is 4.98 Å². The monoisotopic (exact) mass is 258 g/mol. The number of ether oxygens (including phenoxy) is 1. The molecule has 2 rings (SSSR count). The Balaban J connectivity index is 2.45. The van der Waals surface area contributed by atoms with Crippen LogP contribution in [0.2, 0.25) is 0 Å². The van der Waals surface area contributed by atoms with Crippen LogP contribution in [0.5, 0.6) is 5.88 Å². The van der Waals surface area contributed by atoms with Crippen molar-refractivity contribution in [3.63, 3.8) is 0 Å². The maximum atomic E-state index is 5.28. The van der Waals surface area contributed by atoms with Crippen molar-refractivity contribution in [2.24, 2.45) is 0 Å². The van der Waals surface area contributed by atoms with Gasteiger partial charge in [0.05, 0.1) is 18.8 Å². The van der Waals surface area contributed by atoms with E-state index in [1.807, 2.05) is 32.0 Å². The lowest BCUT2D eigenvalue weighted by molar-refractivity contribution is 0.382. The Morgan fingerprint density at radius 3 is 2.74 bits per heavy atom. The molecule has 0 aromatic carbocycles. The lowest BCUT2D eigenvalue weighted by atomic mass is 10.1. The quantitative estimate of drug-likeness (QED) is 0.887. The number of aryl methyl sites for hydroxylation is 1. The lowest BCUT2D eigenvalue weighted by Gasteiger charge is -2.18. The molecule has 2 heterocycles. The molecule has 1 atom stereocenters. The molecule has 0 bridgehead atoms. The maximum Gasteiger partial charge on any atom is 0.237 e. The predicted molar refractivity (Wildman–Crippen MR) is 73.1 cm³/mol. The van der Waals surface area contributed by atoms with Crippen LogP contribution in [0, 0.1) is 6.92 Å². The van der Waals surface area contributed by atoms with Gasteiger partial charge >= 0.3 is 0 Å². The molecule has 0 aliphatic carbocycles. The molecule has 0 aliphatic rings. The van der Waals surface area contributed by atoms with Crippen molar-refractivity contribution in [1.29, 1.82) is 0 Å². The van der Waals surface area contributed by atoms with Gasteiger partial charge in [0, 0.05) is 18.1 Å². The highest BCUT2D eigenvalue weighted by molar-refractivity contribution is 5.29. The Labute approximate surface area is 113 Å². The molecule has 0 spiro atoms. The molecular weight excluding hydrogens is 240 g/mol. The Bertz CT molecular complexity index is 544. The van der Waals surface area contributed by atoms with Gasteiger partial charge in [-0.1, -0.05) is 13.0 Å². The van der Waals surface area contributed by atoms with Gasteiger partial charge in [-0.2, -0.15) is 0 Å². The first-order valence-electron chi connectivity index (χ1n) is 6.28. The van der Waals surface area contributed by atoms with Crippen LogP contribution in [0.4, 0.5) is 0 Å². The number of nitrogens with zero attached hydrogens (tertiary/aromatic N) is 3. The first-order valence-corrected chi connectivity index (χ1v) is 6.28. The van der Waals surface area contributed by atoms with E-state index in [-0.39, 0.29) is 6.04 Å². The topological polar surface area (TPSA) is 59.9 Å². The number of nitrogens with one attached hydrogen (secondary N) is 1. The summed E-state index contributed by atoms with van der Waals surface area (Å²) in [5, 5.41) is 3.37. The number of rotatable bonds is 5. The number of pyridine rings is 1. The molecule has 1 N–H and O–H groups in total. The van der Waals surface area contributed by atoms with Gasteiger partial charge < -0.3 is 10.1 Å². The van der Waals surface area contributed by atoms with Gasteiger partial charge in [0.1, 0.15) is 5.69 Å². The normalized spacial score (nSPS) is 12.2. The second-order valence-electron chi connectivity index (χ2n) is 4.15. The number of hydrogen-bond donors (Lipinski definition) is 1. The van der Waals surface area contributed by atoms with Crippen LogP contribution in [0.3, 0.4) is 0 Å². The Morgan fingerprint density at radius 2 is 2.05 bits per heavy atom. The minimum Gasteiger partial charge on any atom is -0.480 e. The fourth-order valence-electron chi connectivity index (χ4n) is 1.96. The molecule has 100 valence electrons. The molecule has 2 aromatic heterocycles. The minimum atomic E-state index is -0.117. The van der Waals surface area contributed by atoms with Gasteiger partial charge in [-0.15, -0.1) is 0 Å². The van der Waals surface area contributed by atoms with Crippen LogP contribution in [-0.2, 0) is 0 Å². The van der Waals surface area contributed by atoms with Crippen molar-refractivity contribution in [2.75, 3.05) is 13.7 Å². The van der Waals surface area contributed by atoms with Crippen LogP contribution in [0.1, 0.15) is 30.0 Å². The number of methoxy groups -OCH3 is 1. The van der Waals surface area contributed by atoms with Gasteiger partial charge in [0.2, 0.25) is 5.88 Å². The molecule has 5 nitrogen and oxygen atoms in total. The minimum absolute atomic E-state index is 0.117. The first-order chi connectivity index (χ1) is 9.26. The van der Waals surface area contributed by atoms with Crippen molar-refractivity contribution >= 4 is 0 Å². The molecule has 19 heavy (non-hydrogen) atoms. The summed E-state index contributed by atoms with van der Waals surface area (Å²) in [6, 6.07) is 5.83. The SMILES string of the molecule is CCNC(c1cccc(C)n1)c1nccnc1OC. The zero-order valence-electron chi connectivity index (χ0n) is 11.4. The third-order valence-electron chi connectivity index (χ3n) is 2.77. The van der Waals surface area contributed by atoms with Crippen LogP contribution >= 0.6 is 0 Å². The molecule has 0 aliphatic heterocycles. The summed E-state index contributed by atoms with van der Waals surface area (Å²) in [7, 11) is 1.60. The highest BCUT2D eigenvalue weighted by Crippen LogP contribution is 2.25. The average molecular weight is 258 g/mol. The van der Waals surface area contributed by atoms with Crippen molar-refractivity contribution in [2.45, 2.75) is 19.9 Å². The summed E-state index contributed by atoms with van der Waals surface area (Å²) in [4.78, 5) is 13.1. The Hall–Kier alpha value is -2.01. The van der Waals surface area contributed by atoms with Gasteiger partial charge in [0.25, 0.3) is 0 Å². The van der Waals surface area contributed by atoms with Gasteiger partial charge in [0.15, 0.2) is 0 Å². The van der Waals surface area contributed by atoms with Crippen LogP contribution < -0.4 is 10.1 Å². The van der Waals surface area contributed by atoms with E-state index in [1.165, 1.54) is 0 Å². The largest absolute Gasteiger partial charge is 0.480 e. The van der Waals surface area contributed by atoms with Crippen molar-refractivity contribution in [3.8, 4) is 5.88 Å². The molecule has 0 saturated carbocycles. The Kier molecular flexibility index (Phi) is 4.41. The zero-order valence-corrected chi connectivity index (χ0v) is 11.4. The van der Waals surface area contributed by atoms with E-state index in [0.717, 1.165) is 23.6 Å². The molecule has 0 amide bonds. The smallest absolute Gasteiger partial charge is 0.237 e. The summed E-state index contributed by atoms with van der Waals surface area (Å²) in [6.07, 6.45) is 3.28. The summed E-state index contributed by atoms with van der Waals surface area (Å²) in [5.74, 6) is 0.525. The van der Waals surface area contributed by atoms with Crippen molar-refractivity contribution < 1.29 is 4.74 Å². The van der Waals surface area contributed by atoms with Crippen molar-refractivity contribution in [3.05, 3.63) is 47.7 Å². The highest BCUT2D eigenvalue weighted by Gasteiger charge is 2.20. The highest BCUT2D eigenvalue weighted by atomic mass is 16.5. The van der Waals surface area contributed by atoms with E-state index in [9.17, 15) is 0 Å². The van der Waals surface area contributed by atoms with Gasteiger partial charge in [-0.3, -0.25) is 9.97 Å². The molecule has 0 saturated heterocycles. The first kappa shape index (κ1) is 13.4. The van der Waals surface area contributed by atoms with E-state index in [0.29, 0.717) is 5.88 Å². The molecule has 5 heteroatoms. The van der Waals surface area contributed by atoms with E-state index in [2.05, 4.69) is 20.3 Å². The summed E-state index contributed by atoms with van der Waals surface area (Å²) in [6.45, 7) is 4.83. The van der Waals surface area contributed by atoms with E-state index in [1.54, 1.807) is 19.5 Å². The summed E-state index contributed by atoms with van der Waals surface area (Å²) < 4.78 is 5.28. The van der Waals surface area contributed by atoms with Gasteiger partial charge in [-0.05, 0) is 25.6 Å². The predicted octanol–water partition coefficient (Wildman–Crippen LogP) is 1.89. The fourth-order valence-corrected chi connectivity index (χ4v) is 1.96. The number of aromatic nitrogens is 3. The molecule has 1 unspecified atom stereocenters.